The highest BCUT2D eigenvalue weighted by Crippen LogP contribution is 2.42. The van der Waals surface area contributed by atoms with Gasteiger partial charge < -0.3 is 5.32 Å². The summed E-state index contributed by atoms with van der Waals surface area (Å²) in [5, 5.41) is 5.60. The van der Waals surface area contributed by atoms with Crippen molar-refractivity contribution in [3.8, 4) is 0 Å². The molecular formula is C15H10Cl3N3S. The van der Waals surface area contributed by atoms with E-state index in [1.807, 2.05) is 0 Å². The van der Waals surface area contributed by atoms with Crippen LogP contribution in [0.1, 0.15) is 16.9 Å². The highest BCUT2D eigenvalue weighted by molar-refractivity contribution is 7.19. The zero-order valence-electron chi connectivity index (χ0n) is 11.3. The van der Waals surface area contributed by atoms with Crippen LogP contribution in [-0.2, 0) is 12.8 Å². The Morgan fingerprint density at radius 3 is 2.59 bits per heavy atom. The van der Waals surface area contributed by atoms with Crippen molar-refractivity contribution in [3.05, 3.63) is 44.0 Å². The molecule has 0 spiro atoms. The molecule has 0 fully saturated rings. The molecule has 4 rings (SSSR count). The van der Waals surface area contributed by atoms with Crippen LogP contribution in [0.4, 0.5) is 11.5 Å². The summed E-state index contributed by atoms with van der Waals surface area (Å²) in [5.41, 5.74) is 1.96. The summed E-state index contributed by atoms with van der Waals surface area (Å²) in [5.74, 6) is 0.671. The lowest BCUT2D eigenvalue weighted by molar-refractivity contribution is 0.917. The van der Waals surface area contributed by atoms with Crippen LogP contribution in [0.5, 0.6) is 0 Å². The molecular weight excluding hydrogens is 361 g/mol. The zero-order chi connectivity index (χ0) is 15.3. The van der Waals surface area contributed by atoms with Crippen molar-refractivity contribution in [2.24, 2.45) is 0 Å². The van der Waals surface area contributed by atoms with Crippen molar-refractivity contribution in [1.82, 2.24) is 9.97 Å². The Kier molecular flexibility index (Phi) is 3.65. The number of aryl methyl sites for hydroxylation is 2. The molecule has 0 bridgehead atoms. The number of nitrogens with one attached hydrogen (secondary N) is 1. The minimum atomic E-state index is 0.220. The van der Waals surface area contributed by atoms with Crippen LogP contribution >= 0.6 is 46.1 Å². The summed E-state index contributed by atoms with van der Waals surface area (Å²) in [4.78, 5) is 11.0. The van der Waals surface area contributed by atoms with E-state index < -0.39 is 0 Å². The lowest BCUT2D eigenvalue weighted by Gasteiger charge is -2.11. The Bertz CT molecular complexity index is 871. The van der Waals surface area contributed by atoms with Gasteiger partial charge in [0, 0.05) is 4.88 Å². The van der Waals surface area contributed by atoms with Crippen molar-refractivity contribution in [1.29, 1.82) is 0 Å². The number of hydrogen-bond acceptors (Lipinski definition) is 4. The van der Waals surface area contributed by atoms with Crippen LogP contribution in [-0.4, -0.2) is 9.97 Å². The average Bonchev–Trinajstić information content (AvgIpc) is 3.02. The summed E-state index contributed by atoms with van der Waals surface area (Å²) in [6.45, 7) is 0. The summed E-state index contributed by atoms with van der Waals surface area (Å²) in [6.07, 6.45) is 3.32. The third-order valence-electron chi connectivity index (χ3n) is 3.74. The maximum absolute atomic E-state index is 6.24. The van der Waals surface area contributed by atoms with Gasteiger partial charge in [-0.25, -0.2) is 4.98 Å². The molecule has 0 radical (unpaired) electrons. The van der Waals surface area contributed by atoms with Crippen molar-refractivity contribution >= 4 is 67.9 Å². The molecule has 3 nitrogen and oxygen atoms in total. The normalized spacial score (nSPS) is 13.6. The van der Waals surface area contributed by atoms with Gasteiger partial charge in [0.15, 0.2) is 0 Å². The first-order valence-corrected chi connectivity index (χ1v) is 8.77. The van der Waals surface area contributed by atoms with Gasteiger partial charge in [-0.05, 0) is 48.6 Å². The van der Waals surface area contributed by atoms with Gasteiger partial charge in [0.05, 0.1) is 21.1 Å². The monoisotopic (exact) mass is 369 g/mol. The van der Waals surface area contributed by atoms with Gasteiger partial charge in [-0.3, -0.25) is 0 Å². The molecule has 0 atom stereocenters. The molecule has 0 amide bonds. The van der Waals surface area contributed by atoms with E-state index in [1.165, 1.54) is 16.9 Å². The molecule has 3 aromatic rings. The van der Waals surface area contributed by atoms with Gasteiger partial charge in [-0.2, -0.15) is 4.98 Å². The fraction of sp³-hybridized carbons (Fsp3) is 0.200. The third kappa shape index (κ3) is 2.35. The molecule has 0 aliphatic heterocycles. The highest BCUT2D eigenvalue weighted by atomic mass is 35.5. The number of thiophene rings is 1. The van der Waals surface area contributed by atoms with E-state index in [1.54, 1.807) is 29.5 Å². The Morgan fingerprint density at radius 1 is 1.05 bits per heavy atom. The zero-order valence-corrected chi connectivity index (χ0v) is 14.4. The highest BCUT2D eigenvalue weighted by Gasteiger charge is 2.22. The topological polar surface area (TPSA) is 37.8 Å². The summed E-state index contributed by atoms with van der Waals surface area (Å²) in [6, 6.07) is 5.38. The van der Waals surface area contributed by atoms with E-state index in [-0.39, 0.29) is 5.28 Å². The number of hydrogen-bond donors (Lipinski definition) is 1. The van der Waals surface area contributed by atoms with E-state index in [4.69, 9.17) is 34.8 Å². The van der Waals surface area contributed by atoms with E-state index >= 15 is 0 Å². The second-order valence-corrected chi connectivity index (χ2v) is 7.34. The van der Waals surface area contributed by atoms with Gasteiger partial charge in [0.1, 0.15) is 10.6 Å². The Labute approximate surface area is 146 Å². The third-order valence-corrected chi connectivity index (χ3v) is 5.73. The van der Waals surface area contributed by atoms with Crippen LogP contribution in [0, 0.1) is 0 Å². The Hall–Kier alpha value is -1.07. The van der Waals surface area contributed by atoms with Gasteiger partial charge in [0.25, 0.3) is 0 Å². The number of fused-ring (bicyclic) bond motifs is 3. The number of para-hydroxylation sites is 1. The summed E-state index contributed by atoms with van der Waals surface area (Å²) < 4.78 is 0. The Morgan fingerprint density at radius 2 is 1.82 bits per heavy atom. The first kappa shape index (κ1) is 14.5. The minimum absolute atomic E-state index is 0.220. The average molecular weight is 371 g/mol. The molecule has 1 N–H and O–H groups in total. The van der Waals surface area contributed by atoms with Crippen molar-refractivity contribution in [2.75, 3.05) is 5.32 Å². The molecule has 1 aliphatic rings. The molecule has 0 saturated carbocycles. The molecule has 2 aromatic heterocycles. The predicted octanol–water partition coefficient (Wildman–Crippen LogP) is 5.88. The van der Waals surface area contributed by atoms with Crippen LogP contribution < -0.4 is 5.32 Å². The lowest BCUT2D eigenvalue weighted by atomic mass is 10.2. The number of anilines is 2. The van der Waals surface area contributed by atoms with Crippen LogP contribution in [0.25, 0.3) is 10.2 Å². The van der Waals surface area contributed by atoms with E-state index in [0.29, 0.717) is 21.6 Å². The fourth-order valence-electron chi connectivity index (χ4n) is 2.80. The van der Waals surface area contributed by atoms with Crippen LogP contribution in [0.15, 0.2) is 18.2 Å². The van der Waals surface area contributed by atoms with Crippen LogP contribution in [0.2, 0.25) is 15.3 Å². The number of nitrogens with zero attached hydrogens (tertiary/aromatic N) is 2. The molecule has 1 aliphatic carbocycles. The van der Waals surface area contributed by atoms with Gasteiger partial charge in [-0.15, -0.1) is 11.3 Å². The van der Waals surface area contributed by atoms with Crippen molar-refractivity contribution in [3.63, 3.8) is 0 Å². The minimum Gasteiger partial charge on any atom is -0.337 e. The maximum Gasteiger partial charge on any atom is 0.225 e. The quantitative estimate of drug-likeness (QED) is 0.572. The predicted molar refractivity (Wildman–Crippen MR) is 94.2 cm³/mol. The second kappa shape index (κ2) is 5.53. The van der Waals surface area contributed by atoms with Gasteiger partial charge in [-0.1, -0.05) is 29.3 Å². The smallest absolute Gasteiger partial charge is 0.225 e. The number of halogens is 3. The number of rotatable bonds is 2. The van der Waals surface area contributed by atoms with Gasteiger partial charge in [0.2, 0.25) is 5.28 Å². The molecule has 22 heavy (non-hydrogen) atoms. The molecule has 2 heterocycles. The molecule has 112 valence electrons. The first-order valence-electron chi connectivity index (χ1n) is 6.82. The fourth-order valence-corrected chi connectivity index (χ4v) is 4.77. The van der Waals surface area contributed by atoms with E-state index in [0.717, 1.165) is 23.1 Å². The second-order valence-electron chi connectivity index (χ2n) is 5.10. The molecule has 7 heteroatoms. The molecule has 1 aromatic carbocycles. The van der Waals surface area contributed by atoms with Crippen molar-refractivity contribution < 1.29 is 0 Å². The number of aromatic nitrogens is 2. The lowest BCUT2D eigenvalue weighted by Crippen LogP contribution is -1.98. The molecule has 0 saturated heterocycles. The van der Waals surface area contributed by atoms with Crippen LogP contribution in [0.3, 0.4) is 0 Å². The van der Waals surface area contributed by atoms with Gasteiger partial charge >= 0.3 is 0 Å². The summed E-state index contributed by atoms with van der Waals surface area (Å²) >= 11 is 20.2. The number of benzene rings is 1. The largest absolute Gasteiger partial charge is 0.337 e. The van der Waals surface area contributed by atoms with E-state index in [2.05, 4.69) is 15.3 Å². The standard InChI is InChI=1S/C15H10Cl3N3S/c16-8-4-2-5-9(17)12(8)19-13-11-7-3-1-6-10(7)22-14(11)21-15(18)20-13/h2,4-5H,1,3,6H2,(H,19,20,21). The van der Waals surface area contributed by atoms with Crippen molar-refractivity contribution in [2.45, 2.75) is 19.3 Å². The first-order chi connectivity index (χ1) is 10.6. The SMILES string of the molecule is Clc1nc(Nc2c(Cl)cccc2Cl)c2c3c(sc2n1)CCC3. The maximum atomic E-state index is 6.24. The summed E-state index contributed by atoms with van der Waals surface area (Å²) in [7, 11) is 0. The Balaban J connectivity index is 1.91. The molecule has 0 unspecified atom stereocenters. The van der Waals surface area contributed by atoms with E-state index in [9.17, 15) is 0 Å².